The van der Waals surface area contributed by atoms with E-state index < -0.39 is 17.2 Å². The van der Waals surface area contributed by atoms with Crippen LogP contribution in [0.15, 0.2) is 47.7 Å². The van der Waals surface area contributed by atoms with Gasteiger partial charge in [0.25, 0.3) is 0 Å². The lowest BCUT2D eigenvalue weighted by atomic mass is 9.80. The monoisotopic (exact) mass is 296 g/mol. The van der Waals surface area contributed by atoms with Gasteiger partial charge in [0.15, 0.2) is 0 Å². The number of carbonyl (C=O) groups excluding carboxylic acids is 2. The molecular weight excluding hydrogens is 280 g/mol. The molecule has 2 atom stereocenters. The number of hydrogen-bond donors (Lipinski definition) is 0. The number of ketones is 2. The first-order valence-electron chi connectivity index (χ1n) is 7.49. The van der Waals surface area contributed by atoms with E-state index in [-0.39, 0.29) is 5.92 Å². The van der Waals surface area contributed by atoms with Crippen molar-refractivity contribution in [2.45, 2.75) is 24.9 Å². The summed E-state index contributed by atoms with van der Waals surface area (Å²) in [6.45, 7) is 0. The van der Waals surface area contributed by atoms with Crippen molar-refractivity contribution < 1.29 is 19.1 Å². The van der Waals surface area contributed by atoms with Gasteiger partial charge in [-0.1, -0.05) is 12.1 Å². The Morgan fingerprint density at radius 3 is 2.59 bits per heavy atom. The van der Waals surface area contributed by atoms with Crippen LogP contribution in [0.3, 0.4) is 0 Å². The number of fused-ring (bicyclic) bond motifs is 3. The Balaban J connectivity index is 1.80. The van der Waals surface area contributed by atoms with Crippen molar-refractivity contribution in [1.82, 2.24) is 0 Å². The molecule has 2 aliphatic carbocycles. The van der Waals surface area contributed by atoms with E-state index in [4.69, 9.17) is 9.47 Å². The van der Waals surface area contributed by atoms with Crippen molar-refractivity contribution in [3.63, 3.8) is 0 Å². The molecule has 4 heteroatoms. The van der Waals surface area contributed by atoms with Crippen LogP contribution in [-0.2, 0) is 19.9 Å². The Hall–Kier alpha value is -2.36. The topological polar surface area (TPSA) is 52.6 Å². The highest BCUT2D eigenvalue weighted by atomic mass is 16.5. The molecule has 0 spiro atoms. The van der Waals surface area contributed by atoms with Gasteiger partial charge in [-0.3, -0.25) is 9.59 Å². The van der Waals surface area contributed by atoms with Gasteiger partial charge in [-0.25, -0.2) is 0 Å². The number of allylic oxidation sites excluding steroid dienone is 3. The van der Waals surface area contributed by atoms with Crippen LogP contribution in [0, 0.1) is 5.92 Å². The highest BCUT2D eigenvalue weighted by Gasteiger charge is 2.55. The average molecular weight is 296 g/mol. The SMILES string of the molecule is COc1ccc([C@@]23CCCC2C2=CC(=O)C(=O)C=C2O3)cc1. The quantitative estimate of drug-likeness (QED) is 0.622. The van der Waals surface area contributed by atoms with E-state index in [2.05, 4.69) is 0 Å². The Bertz CT molecular complexity index is 726. The fraction of sp³-hybridized carbons (Fsp3) is 0.333. The molecular formula is C18H16O4. The molecule has 0 aromatic heterocycles. The molecule has 1 aromatic carbocycles. The zero-order chi connectivity index (χ0) is 15.3. The molecule has 1 saturated carbocycles. The van der Waals surface area contributed by atoms with Gasteiger partial charge in [-0.15, -0.1) is 0 Å². The smallest absolute Gasteiger partial charge is 0.229 e. The van der Waals surface area contributed by atoms with Crippen molar-refractivity contribution in [3.05, 3.63) is 53.3 Å². The van der Waals surface area contributed by atoms with Crippen molar-refractivity contribution in [1.29, 1.82) is 0 Å². The summed E-state index contributed by atoms with van der Waals surface area (Å²) < 4.78 is 11.4. The molecule has 22 heavy (non-hydrogen) atoms. The summed E-state index contributed by atoms with van der Waals surface area (Å²) in [5.41, 5.74) is 1.51. The van der Waals surface area contributed by atoms with E-state index in [9.17, 15) is 9.59 Å². The van der Waals surface area contributed by atoms with Gasteiger partial charge >= 0.3 is 0 Å². The summed E-state index contributed by atoms with van der Waals surface area (Å²) in [7, 11) is 1.64. The molecule has 3 aliphatic rings. The van der Waals surface area contributed by atoms with Gasteiger partial charge < -0.3 is 9.47 Å². The first kappa shape index (κ1) is 13.3. The molecule has 2 fully saturated rings. The van der Waals surface area contributed by atoms with E-state index in [0.29, 0.717) is 5.76 Å². The van der Waals surface area contributed by atoms with Crippen LogP contribution in [-0.4, -0.2) is 18.7 Å². The normalized spacial score (nSPS) is 29.4. The summed E-state index contributed by atoms with van der Waals surface area (Å²) >= 11 is 0. The molecule has 112 valence electrons. The summed E-state index contributed by atoms with van der Waals surface area (Å²) in [4.78, 5) is 23.3. The van der Waals surface area contributed by atoms with E-state index in [1.807, 2.05) is 24.3 Å². The molecule has 4 rings (SSSR count). The maximum absolute atomic E-state index is 11.7. The molecule has 0 bridgehead atoms. The van der Waals surface area contributed by atoms with Crippen molar-refractivity contribution in [3.8, 4) is 5.75 Å². The van der Waals surface area contributed by atoms with Crippen LogP contribution in [0.25, 0.3) is 0 Å². The molecule has 4 nitrogen and oxygen atoms in total. The van der Waals surface area contributed by atoms with Crippen LogP contribution in [0.1, 0.15) is 24.8 Å². The summed E-state index contributed by atoms with van der Waals surface area (Å²) in [6, 6.07) is 7.87. The van der Waals surface area contributed by atoms with E-state index in [0.717, 1.165) is 36.1 Å². The molecule has 1 heterocycles. The minimum Gasteiger partial charge on any atom is -0.497 e. The van der Waals surface area contributed by atoms with Crippen LogP contribution in [0.2, 0.25) is 0 Å². The second-order valence-corrected chi connectivity index (χ2v) is 6.00. The number of ether oxygens (including phenoxy) is 2. The van der Waals surface area contributed by atoms with Crippen LogP contribution in [0.4, 0.5) is 0 Å². The Morgan fingerprint density at radius 2 is 1.86 bits per heavy atom. The van der Waals surface area contributed by atoms with Gasteiger partial charge in [0, 0.05) is 17.6 Å². The number of carbonyl (C=O) groups is 2. The van der Waals surface area contributed by atoms with E-state index >= 15 is 0 Å². The fourth-order valence-corrected chi connectivity index (χ4v) is 3.90. The Labute approximate surface area is 128 Å². The zero-order valence-electron chi connectivity index (χ0n) is 12.3. The number of rotatable bonds is 2. The van der Waals surface area contributed by atoms with Gasteiger partial charge in [0.2, 0.25) is 11.6 Å². The van der Waals surface area contributed by atoms with E-state index in [1.165, 1.54) is 12.2 Å². The molecule has 1 aliphatic heterocycles. The zero-order valence-corrected chi connectivity index (χ0v) is 12.3. The fourth-order valence-electron chi connectivity index (χ4n) is 3.90. The predicted octanol–water partition coefficient (Wildman–Crippen LogP) is 2.68. The van der Waals surface area contributed by atoms with E-state index in [1.54, 1.807) is 7.11 Å². The molecule has 1 aromatic rings. The maximum Gasteiger partial charge on any atom is 0.229 e. The summed E-state index contributed by atoms with van der Waals surface area (Å²) in [5.74, 6) is 0.576. The second kappa shape index (κ2) is 4.57. The van der Waals surface area contributed by atoms with Crippen LogP contribution >= 0.6 is 0 Å². The second-order valence-electron chi connectivity index (χ2n) is 6.00. The van der Waals surface area contributed by atoms with Gasteiger partial charge in [0.1, 0.15) is 17.1 Å². The largest absolute Gasteiger partial charge is 0.497 e. The lowest BCUT2D eigenvalue weighted by Gasteiger charge is -2.29. The first-order chi connectivity index (χ1) is 10.6. The number of hydrogen-bond acceptors (Lipinski definition) is 4. The minimum atomic E-state index is -0.497. The molecule has 0 radical (unpaired) electrons. The standard InChI is InChI=1S/C18H16O4/c1-21-12-6-4-11(5-7-12)18-8-2-3-14(18)13-9-15(19)16(20)10-17(13)22-18/h4-7,9-10,14H,2-3,8H2,1H3/t14?,18-/m0/s1. The summed E-state index contributed by atoms with van der Waals surface area (Å²) in [5, 5.41) is 0. The van der Waals surface area contributed by atoms with Crippen molar-refractivity contribution in [2.24, 2.45) is 5.92 Å². The molecule has 0 N–H and O–H groups in total. The maximum atomic E-state index is 11.7. The average Bonchev–Trinajstić information content (AvgIpc) is 3.06. The third kappa shape index (κ3) is 1.70. The third-order valence-electron chi connectivity index (χ3n) is 4.93. The molecule has 1 saturated heterocycles. The van der Waals surface area contributed by atoms with Crippen molar-refractivity contribution in [2.75, 3.05) is 7.11 Å². The number of benzene rings is 1. The van der Waals surface area contributed by atoms with Crippen molar-refractivity contribution >= 4 is 11.6 Å². The molecule has 1 unspecified atom stereocenters. The third-order valence-corrected chi connectivity index (χ3v) is 4.93. The highest BCUT2D eigenvalue weighted by Crippen LogP contribution is 2.58. The minimum absolute atomic E-state index is 0.143. The summed E-state index contributed by atoms with van der Waals surface area (Å²) in [6.07, 6.45) is 5.72. The van der Waals surface area contributed by atoms with Gasteiger partial charge in [0.05, 0.1) is 7.11 Å². The number of methoxy groups -OCH3 is 1. The van der Waals surface area contributed by atoms with Gasteiger partial charge in [-0.2, -0.15) is 0 Å². The predicted molar refractivity (Wildman–Crippen MR) is 79.3 cm³/mol. The lowest BCUT2D eigenvalue weighted by molar-refractivity contribution is -0.131. The van der Waals surface area contributed by atoms with Crippen LogP contribution in [0.5, 0.6) is 5.75 Å². The van der Waals surface area contributed by atoms with Gasteiger partial charge in [-0.05, 0) is 43.0 Å². The molecule has 0 amide bonds. The Morgan fingerprint density at radius 1 is 1.14 bits per heavy atom. The van der Waals surface area contributed by atoms with Crippen LogP contribution < -0.4 is 4.74 Å². The lowest BCUT2D eigenvalue weighted by Crippen LogP contribution is -2.27. The first-order valence-corrected chi connectivity index (χ1v) is 7.49. The Kier molecular flexibility index (Phi) is 2.76. The highest BCUT2D eigenvalue weighted by molar-refractivity contribution is 6.46.